The minimum atomic E-state index is -0.303. The highest BCUT2D eigenvalue weighted by Crippen LogP contribution is 2.30. The zero-order valence-electron chi connectivity index (χ0n) is 16.9. The van der Waals surface area contributed by atoms with Crippen LogP contribution in [0, 0.1) is 11.3 Å². The number of rotatable bonds is 9. The number of nitriles is 1. The molecule has 6 nitrogen and oxygen atoms in total. The molecule has 0 heterocycles. The molecule has 1 amide bonds. The Hall–Kier alpha value is -3.04. The number of nitrogens with two attached hydrogens (primary N) is 1. The van der Waals surface area contributed by atoms with Gasteiger partial charge in [-0.3, -0.25) is 4.79 Å². The van der Waals surface area contributed by atoms with E-state index in [1.807, 2.05) is 51.2 Å². The minimum absolute atomic E-state index is 0.0566. The average molecular weight is 382 g/mol. The monoisotopic (exact) mass is 382 g/mol. The van der Waals surface area contributed by atoms with Gasteiger partial charge in [-0.25, -0.2) is 0 Å². The number of ether oxygens (including phenoxy) is 2. The third kappa shape index (κ3) is 5.73. The molecule has 0 spiro atoms. The van der Waals surface area contributed by atoms with Gasteiger partial charge >= 0.3 is 0 Å². The van der Waals surface area contributed by atoms with Crippen molar-refractivity contribution in [2.75, 3.05) is 18.5 Å². The van der Waals surface area contributed by atoms with E-state index in [0.717, 1.165) is 11.3 Å². The lowest BCUT2D eigenvalue weighted by atomic mass is 10.1. The highest BCUT2D eigenvalue weighted by Gasteiger charge is 2.21. The second-order valence-corrected chi connectivity index (χ2v) is 6.52. The van der Waals surface area contributed by atoms with Crippen LogP contribution in [0.2, 0.25) is 0 Å². The summed E-state index contributed by atoms with van der Waals surface area (Å²) in [7, 11) is 0. The predicted molar refractivity (Wildman–Crippen MR) is 108 cm³/mol. The molecule has 2 aromatic carbocycles. The second-order valence-electron chi connectivity index (χ2n) is 6.52. The van der Waals surface area contributed by atoms with Crippen LogP contribution in [0.1, 0.15) is 44.9 Å². The Balaban J connectivity index is 2.04. The number of anilines is 1. The molecule has 0 saturated heterocycles. The van der Waals surface area contributed by atoms with Crippen LogP contribution >= 0.6 is 0 Å². The van der Waals surface area contributed by atoms with Crippen molar-refractivity contribution in [3.63, 3.8) is 0 Å². The van der Waals surface area contributed by atoms with Gasteiger partial charge in [0, 0.05) is 11.3 Å². The van der Waals surface area contributed by atoms with E-state index in [-0.39, 0.29) is 18.0 Å². The second kappa shape index (κ2) is 10.3. The van der Waals surface area contributed by atoms with E-state index in [1.165, 1.54) is 0 Å². The third-order valence-electron chi connectivity index (χ3n) is 4.34. The summed E-state index contributed by atoms with van der Waals surface area (Å²) < 4.78 is 11.3. The smallest absolute Gasteiger partial charge is 0.282 e. The molecule has 0 fully saturated rings. The van der Waals surface area contributed by atoms with E-state index in [1.54, 1.807) is 24.3 Å². The number of quaternary nitrogens is 1. The van der Waals surface area contributed by atoms with Crippen LogP contribution in [0.4, 0.5) is 5.69 Å². The molecule has 0 aromatic heterocycles. The topological polar surface area (TPSA) is 88.0 Å². The molecule has 2 rings (SSSR count). The Morgan fingerprint density at radius 1 is 1.11 bits per heavy atom. The number of benzene rings is 2. The standard InChI is InChI=1S/C22H27N3O3/c1-5-27-20-11-10-18(13-21(20)28-6-2)15(3)24-16(4)22(26)25-19-9-7-8-17(12-19)14-23/h7-13,15-16,24H,5-6H2,1-4H3,(H,25,26)/p+1/t15-,16-/m1/s1. The van der Waals surface area contributed by atoms with Gasteiger partial charge in [0.2, 0.25) is 0 Å². The fraction of sp³-hybridized carbons (Fsp3) is 0.364. The van der Waals surface area contributed by atoms with Crippen molar-refractivity contribution in [3.05, 3.63) is 53.6 Å². The van der Waals surface area contributed by atoms with Gasteiger partial charge in [-0.1, -0.05) is 6.07 Å². The first-order valence-electron chi connectivity index (χ1n) is 9.54. The molecule has 28 heavy (non-hydrogen) atoms. The molecule has 2 aromatic rings. The van der Waals surface area contributed by atoms with E-state index in [4.69, 9.17) is 14.7 Å². The molecule has 6 heteroatoms. The van der Waals surface area contributed by atoms with E-state index in [9.17, 15) is 4.79 Å². The third-order valence-corrected chi connectivity index (χ3v) is 4.34. The predicted octanol–water partition coefficient (Wildman–Crippen LogP) is 3.01. The van der Waals surface area contributed by atoms with Gasteiger partial charge in [0.05, 0.1) is 24.8 Å². The average Bonchev–Trinajstić information content (AvgIpc) is 2.69. The van der Waals surface area contributed by atoms with E-state index in [0.29, 0.717) is 30.2 Å². The van der Waals surface area contributed by atoms with Crippen molar-refractivity contribution in [2.45, 2.75) is 39.8 Å². The molecule has 2 atom stereocenters. The summed E-state index contributed by atoms with van der Waals surface area (Å²) in [6.07, 6.45) is 0. The SMILES string of the molecule is CCOc1ccc([C@@H](C)[NH2+][C@H](C)C(=O)Nc2cccc(C#N)c2)cc1OCC. The molecule has 148 valence electrons. The molecule has 0 radical (unpaired) electrons. The Morgan fingerprint density at radius 2 is 1.82 bits per heavy atom. The van der Waals surface area contributed by atoms with Crippen molar-refractivity contribution in [2.24, 2.45) is 0 Å². The first kappa shape index (κ1) is 21.3. The van der Waals surface area contributed by atoms with Crippen molar-refractivity contribution in [1.82, 2.24) is 0 Å². The normalized spacial score (nSPS) is 12.5. The molecular formula is C22H28N3O3+. The molecule has 0 aliphatic rings. The number of hydrogen-bond acceptors (Lipinski definition) is 4. The summed E-state index contributed by atoms with van der Waals surface area (Å²) >= 11 is 0. The van der Waals surface area contributed by atoms with Crippen LogP contribution in [0.3, 0.4) is 0 Å². The summed E-state index contributed by atoms with van der Waals surface area (Å²) in [6, 6.07) is 14.6. The fourth-order valence-electron chi connectivity index (χ4n) is 2.91. The minimum Gasteiger partial charge on any atom is -0.490 e. The summed E-state index contributed by atoms with van der Waals surface area (Å²) in [5.74, 6) is 1.33. The lowest BCUT2D eigenvalue weighted by molar-refractivity contribution is -0.709. The maximum Gasteiger partial charge on any atom is 0.282 e. The van der Waals surface area contributed by atoms with Crippen LogP contribution in [-0.2, 0) is 4.79 Å². The van der Waals surface area contributed by atoms with Crippen LogP contribution in [-0.4, -0.2) is 25.2 Å². The van der Waals surface area contributed by atoms with Crippen LogP contribution < -0.4 is 20.1 Å². The molecule has 0 unspecified atom stereocenters. The van der Waals surface area contributed by atoms with Crippen molar-refractivity contribution in [3.8, 4) is 17.6 Å². The number of amides is 1. The summed E-state index contributed by atoms with van der Waals surface area (Å²) in [5, 5.41) is 13.8. The first-order chi connectivity index (χ1) is 13.5. The molecule has 3 N–H and O–H groups in total. The van der Waals surface area contributed by atoms with Crippen LogP contribution in [0.25, 0.3) is 0 Å². The largest absolute Gasteiger partial charge is 0.490 e. The number of carbonyl (C=O) groups excluding carboxylic acids is 1. The Morgan fingerprint density at radius 3 is 2.50 bits per heavy atom. The quantitative estimate of drug-likeness (QED) is 0.698. The van der Waals surface area contributed by atoms with Gasteiger partial charge in [0.25, 0.3) is 5.91 Å². The number of carbonyl (C=O) groups is 1. The lowest BCUT2D eigenvalue weighted by Crippen LogP contribution is -2.91. The van der Waals surface area contributed by atoms with Gasteiger partial charge in [0.15, 0.2) is 17.5 Å². The fourth-order valence-corrected chi connectivity index (χ4v) is 2.91. The summed E-state index contributed by atoms with van der Waals surface area (Å²) in [5.41, 5.74) is 2.19. The van der Waals surface area contributed by atoms with Crippen molar-refractivity contribution in [1.29, 1.82) is 5.26 Å². The first-order valence-corrected chi connectivity index (χ1v) is 9.54. The Labute approximate surface area is 166 Å². The van der Waals surface area contributed by atoms with Gasteiger partial charge < -0.3 is 20.1 Å². The van der Waals surface area contributed by atoms with E-state index < -0.39 is 0 Å². The number of nitrogens with zero attached hydrogens (tertiary/aromatic N) is 1. The van der Waals surface area contributed by atoms with Gasteiger partial charge in [-0.15, -0.1) is 0 Å². The van der Waals surface area contributed by atoms with Crippen LogP contribution in [0.5, 0.6) is 11.5 Å². The van der Waals surface area contributed by atoms with E-state index in [2.05, 4.69) is 11.4 Å². The van der Waals surface area contributed by atoms with Gasteiger partial charge in [-0.2, -0.15) is 5.26 Å². The zero-order valence-corrected chi connectivity index (χ0v) is 16.9. The van der Waals surface area contributed by atoms with Gasteiger partial charge in [0.1, 0.15) is 6.04 Å². The number of nitrogens with one attached hydrogen (secondary N) is 1. The number of hydrogen-bond donors (Lipinski definition) is 2. The molecular weight excluding hydrogens is 354 g/mol. The van der Waals surface area contributed by atoms with Crippen molar-refractivity contribution < 1.29 is 19.6 Å². The highest BCUT2D eigenvalue weighted by molar-refractivity contribution is 5.93. The Bertz CT molecular complexity index is 845. The van der Waals surface area contributed by atoms with Crippen molar-refractivity contribution >= 4 is 11.6 Å². The molecule has 0 aliphatic heterocycles. The summed E-state index contributed by atoms with van der Waals surface area (Å²) in [4.78, 5) is 12.5. The van der Waals surface area contributed by atoms with Crippen LogP contribution in [0.15, 0.2) is 42.5 Å². The molecule has 0 bridgehead atoms. The highest BCUT2D eigenvalue weighted by atomic mass is 16.5. The lowest BCUT2D eigenvalue weighted by Gasteiger charge is -2.18. The molecule has 0 saturated carbocycles. The zero-order chi connectivity index (χ0) is 20.5. The molecule has 0 aliphatic carbocycles. The Kier molecular flexibility index (Phi) is 7.85. The maximum absolute atomic E-state index is 12.5. The van der Waals surface area contributed by atoms with Gasteiger partial charge in [-0.05, 0) is 64.1 Å². The maximum atomic E-state index is 12.5. The van der Waals surface area contributed by atoms with E-state index >= 15 is 0 Å². The summed E-state index contributed by atoms with van der Waals surface area (Å²) in [6.45, 7) is 8.91.